The Morgan fingerprint density at radius 3 is 2.55 bits per heavy atom. The van der Waals surface area contributed by atoms with E-state index in [1.165, 1.54) is 10.7 Å². The zero-order chi connectivity index (χ0) is 14.5. The maximum Gasteiger partial charge on any atom is 0.266 e. The smallest absolute Gasteiger partial charge is 0.266 e. The first kappa shape index (κ1) is 14.3. The van der Waals surface area contributed by atoms with Crippen LogP contribution in [-0.4, -0.2) is 16.4 Å². The molecule has 2 N–H and O–H groups in total. The number of nitrogens with zero attached hydrogens (tertiary/aromatic N) is 2. The second kappa shape index (κ2) is 6.34. The molecule has 0 radical (unpaired) electrons. The van der Waals surface area contributed by atoms with Crippen molar-refractivity contribution in [2.75, 3.05) is 6.61 Å². The second-order valence-electron chi connectivity index (χ2n) is 4.62. The maximum absolute atomic E-state index is 11.3. The molecule has 0 aliphatic rings. The molecule has 0 fully saturated rings. The molecule has 0 aliphatic carbocycles. The molecular formula is C15H19N3O2. The van der Waals surface area contributed by atoms with Crippen molar-refractivity contribution in [1.82, 2.24) is 9.78 Å². The van der Waals surface area contributed by atoms with Gasteiger partial charge in [-0.1, -0.05) is 19.1 Å². The highest BCUT2D eigenvalue weighted by Crippen LogP contribution is 2.20. The van der Waals surface area contributed by atoms with Gasteiger partial charge in [0.15, 0.2) is 0 Å². The molecule has 2 aromatic rings. The molecule has 5 heteroatoms. The lowest BCUT2D eigenvalue weighted by atomic mass is 10.0. The van der Waals surface area contributed by atoms with Gasteiger partial charge in [-0.2, -0.15) is 5.10 Å². The Morgan fingerprint density at radius 1 is 1.25 bits per heavy atom. The molecule has 1 atom stereocenters. The Kier molecular flexibility index (Phi) is 4.53. The number of rotatable bonds is 5. The largest absolute Gasteiger partial charge is 0.494 e. The van der Waals surface area contributed by atoms with Crippen LogP contribution in [-0.2, 0) is 7.05 Å². The SMILES string of the molecule is CCCOc1ccc(C(N)c2ccc(=O)n(C)n2)cc1. The highest BCUT2D eigenvalue weighted by molar-refractivity contribution is 5.32. The number of hydrogen-bond donors (Lipinski definition) is 1. The van der Waals surface area contributed by atoms with Gasteiger partial charge in [-0.05, 0) is 30.2 Å². The van der Waals surface area contributed by atoms with E-state index in [-0.39, 0.29) is 11.6 Å². The van der Waals surface area contributed by atoms with Crippen LogP contribution < -0.4 is 16.0 Å². The average Bonchev–Trinajstić information content (AvgIpc) is 2.48. The van der Waals surface area contributed by atoms with Crippen LogP contribution >= 0.6 is 0 Å². The summed E-state index contributed by atoms with van der Waals surface area (Å²) in [5.41, 5.74) is 7.61. The van der Waals surface area contributed by atoms with Crippen LogP contribution in [0.25, 0.3) is 0 Å². The molecule has 20 heavy (non-hydrogen) atoms. The predicted molar refractivity (Wildman–Crippen MR) is 77.7 cm³/mol. The van der Waals surface area contributed by atoms with E-state index >= 15 is 0 Å². The molecule has 0 saturated heterocycles. The minimum Gasteiger partial charge on any atom is -0.494 e. The van der Waals surface area contributed by atoms with Crippen molar-refractivity contribution in [2.24, 2.45) is 12.8 Å². The quantitative estimate of drug-likeness (QED) is 0.898. The van der Waals surface area contributed by atoms with E-state index in [1.807, 2.05) is 24.3 Å². The van der Waals surface area contributed by atoms with Gasteiger partial charge < -0.3 is 10.5 Å². The number of aryl methyl sites for hydroxylation is 1. The number of nitrogens with two attached hydrogens (primary N) is 1. The van der Waals surface area contributed by atoms with E-state index < -0.39 is 0 Å². The molecule has 0 amide bonds. The number of hydrogen-bond acceptors (Lipinski definition) is 4. The van der Waals surface area contributed by atoms with E-state index in [9.17, 15) is 4.79 Å². The summed E-state index contributed by atoms with van der Waals surface area (Å²) in [5.74, 6) is 0.830. The topological polar surface area (TPSA) is 70.1 Å². The molecule has 1 heterocycles. The van der Waals surface area contributed by atoms with Crippen molar-refractivity contribution in [1.29, 1.82) is 0 Å². The van der Waals surface area contributed by atoms with Crippen molar-refractivity contribution in [3.8, 4) is 5.75 Å². The lowest BCUT2D eigenvalue weighted by Gasteiger charge is -2.13. The molecule has 0 bridgehead atoms. The van der Waals surface area contributed by atoms with E-state index in [0.29, 0.717) is 12.3 Å². The van der Waals surface area contributed by atoms with Crippen molar-refractivity contribution >= 4 is 0 Å². The summed E-state index contributed by atoms with van der Waals surface area (Å²) < 4.78 is 6.81. The van der Waals surface area contributed by atoms with Gasteiger partial charge in [-0.15, -0.1) is 0 Å². The van der Waals surface area contributed by atoms with Crippen molar-refractivity contribution < 1.29 is 4.74 Å². The first-order valence-electron chi connectivity index (χ1n) is 6.64. The Balaban J connectivity index is 2.17. The van der Waals surface area contributed by atoms with Gasteiger partial charge >= 0.3 is 0 Å². The van der Waals surface area contributed by atoms with Crippen LogP contribution in [0.4, 0.5) is 0 Å². The first-order chi connectivity index (χ1) is 9.61. The van der Waals surface area contributed by atoms with Crippen molar-refractivity contribution in [3.05, 3.63) is 58.0 Å². The zero-order valence-corrected chi connectivity index (χ0v) is 11.7. The van der Waals surface area contributed by atoms with Crippen molar-refractivity contribution in [2.45, 2.75) is 19.4 Å². The third-order valence-electron chi connectivity index (χ3n) is 3.01. The normalized spacial score (nSPS) is 12.2. The Morgan fingerprint density at radius 2 is 1.95 bits per heavy atom. The lowest BCUT2D eigenvalue weighted by molar-refractivity contribution is 0.317. The van der Waals surface area contributed by atoms with Crippen LogP contribution in [0.15, 0.2) is 41.2 Å². The van der Waals surface area contributed by atoms with Crippen LogP contribution in [0.2, 0.25) is 0 Å². The van der Waals surface area contributed by atoms with Crippen LogP contribution in [0.1, 0.15) is 30.6 Å². The fourth-order valence-electron chi connectivity index (χ4n) is 1.85. The van der Waals surface area contributed by atoms with Gasteiger partial charge in [0.2, 0.25) is 0 Å². The van der Waals surface area contributed by atoms with Gasteiger partial charge in [-0.25, -0.2) is 4.68 Å². The fraction of sp³-hybridized carbons (Fsp3) is 0.333. The second-order valence-corrected chi connectivity index (χ2v) is 4.62. The summed E-state index contributed by atoms with van der Waals surface area (Å²) in [6, 6.07) is 10.4. The molecule has 5 nitrogen and oxygen atoms in total. The molecule has 2 rings (SSSR count). The lowest BCUT2D eigenvalue weighted by Crippen LogP contribution is -2.23. The summed E-state index contributed by atoms with van der Waals surface area (Å²) in [4.78, 5) is 11.3. The summed E-state index contributed by atoms with van der Waals surface area (Å²) in [5, 5.41) is 4.17. The Hall–Kier alpha value is -2.14. The molecule has 0 aliphatic heterocycles. The van der Waals surface area contributed by atoms with E-state index in [1.54, 1.807) is 13.1 Å². The van der Waals surface area contributed by atoms with E-state index in [0.717, 1.165) is 17.7 Å². The zero-order valence-electron chi connectivity index (χ0n) is 11.7. The van der Waals surface area contributed by atoms with Gasteiger partial charge in [0.05, 0.1) is 18.3 Å². The van der Waals surface area contributed by atoms with Crippen LogP contribution in [0.5, 0.6) is 5.75 Å². The molecule has 0 saturated carbocycles. The maximum atomic E-state index is 11.3. The van der Waals surface area contributed by atoms with Gasteiger partial charge in [0, 0.05) is 13.1 Å². The summed E-state index contributed by atoms with van der Waals surface area (Å²) >= 11 is 0. The van der Waals surface area contributed by atoms with Gasteiger partial charge in [-0.3, -0.25) is 4.79 Å². The minimum atomic E-state index is -0.359. The molecule has 1 aromatic heterocycles. The summed E-state index contributed by atoms with van der Waals surface area (Å²) in [7, 11) is 1.61. The fourth-order valence-corrected chi connectivity index (χ4v) is 1.85. The molecular weight excluding hydrogens is 254 g/mol. The van der Waals surface area contributed by atoms with Crippen LogP contribution in [0, 0.1) is 0 Å². The average molecular weight is 273 g/mol. The standard InChI is InChI=1S/C15H19N3O2/c1-3-10-20-12-6-4-11(5-7-12)15(16)13-8-9-14(19)18(2)17-13/h4-9,15H,3,10,16H2,1-2H3. The number of benzene rings is 1. The molecule has 0 spiro atoms. The third-order valence-corrected chi connectivity index (χ3v) is 3.01. The van der Waals surface area contributed by atoms with Crippen molar-refractivity contribution in [3.63, 3.8) is 0 Å². The minimum absolute atomic E-state index is 0.149. The first-order valence-corrected chi connectivity index (χ1v) is 6.64. The summed E-state index contributed by atoms with van der Waals surface area (Å²) in [6.07, 6.45) is 0.975. The van der Waals surface area contributed by atoms with E-state index in [4.69, 9.17) is 10.5 Å². The van der Waals surface area contributed by atoms with Gasteiger partial charge in [0.25, 0.3) is 5.56 Å². The molecule has 1 unspecified atom stereocenters. The third kappa shape index (κ3) is 3.24. The monoisotopic (exact) mass is 273 g/mol. The van der Waals surface area contributed by atoms with Crippen LogP contribution in [0.3, 0.4) is 0 Å². The number of ether oxygens (including phenoxy) is 1. The van der Waals surface area contributed by atoms with E-state index in [2.05, 4.69) is 12.0 Å². The molecule has 1 aromatic carbocycles. The molecule has 106 valence electrons. The Bertz CT molecular complexity index is 620. The van der Waals surface area contributed by atoms with Gasteiger partial charge in [0.1, 0.15) is 5.75 Å². The Labute approximate surface area is 118 Å². The number of aromatic nitrogens is 2. The summed E-state index contributed by atoms with van der Waals surface area (Å²) in [6.45, 7) is 2.77. The highest BCUT2D eigenvalue weighted by atomic mass is 16.5. The predicted octanol–water partition coefficient (Wildman–Crippen LogP) is 1.62. The highest BCUT2D eigenvalue weighted by Gasteiger charge is 2.11.